The highest BCUT2D eigenvalue weighted by atomic mass is 16.2. The van der Waals surface area contributed by atoms with Gasteiger partial charge in [-0.05, 0) is 38.5 Å². The SMILES string of the molecule is CCNC(=O)[C@@H]1[C@H](C(=O)NCC)[C@@H]2C=C[C@H]1CC2. The second-order valence-electron chi connectivity index (χ2n) is 5.13. The van der Waals surface area contributed by atoms with Crippen LogP contribution in [0.1, 0.15) is 26.7 Å². The van der Waals surface area contributed by atoms with Crippen molar-refractivity contribution in [2.45, 2.75) is 26.7 Å². The van der Waals surface area contributed by atoms with Gasteiger partial charge in [0.1, 0.15) is 0 Å². The molecular weight excluding hydrogens is 228 g/mol. The van der Waals surface area contributed by atoms with Gasteiger partial charge in [0.2, 0.25) is 11.8 Å². The first kappa shape index (κ1) is 13.1. The first-order valence-corrected chi connectivity index (χ1v) is 6.92. The van der Waals surface area contributed by atoms with Gasteiger partial charge in [-0.2, -0.15) is 0 Å². The number of carbonyl (C=O) groups excluding carboxylic acids is 2. The monoisotopic (exact) mass is 250 g/mol. The highest BCUT2D eigenvalue weighted by molar-refractivity contribution is 5.89. The van der Waals surface area contributed by atoms with E-state index in [1.54, 1.807) is 0 Å². The average Bonchev–Trinajstić information content (AvgIpc) is 2.39. The van der Waals surface area contributed by atoms with Crippen LogP contribution in [0.5, 0.6) is 0 Å². The fourth-order valence-electron chi connectivity index (χ4n) is 3.29. The Morgan fingerprint density at radius 3 is 1.61 bits per heavy atom. The van der Waals surface area contributed by atoms with Crippen LogP contribution in [0.3, 0.4) is 0 Å². The van der Waals surface area contributed by atoms with Crippen molar-refractivity contribution in [3.8, 4) is 0 Å². The van der Waals surface area contributed by atoms with Crippen molar-refractivity contribution in [2.75, 3.05) is 13.1 Å². The van der Waals surface area contributed by atoms with E-state index in [9.17, 15) is 9.59 Å². The molecule has 3 aliphatic carbocycles. The molecule has 0 spiro atoms. The highest BCUT2D eigenvalue weighted by Crippen LogP contribution is 2.44. The van der Waals surface area contributed by atoms with Crippen molar-refractivity contribution in [3.63, 3.8) is 0 Å². The molecule has 0 aromatic rings. The van der Waals surface area contributed by atoms with Crippen molar-refractivity contribution >= 4 is 11.8 Å². The minimum absolute atomic E-state index is 0.0350. The highest BCUT2D eigenvalue weighted by Gasteiger charge is 2.47. The quantitative estimate of drug-likeness (QED) is 0.734. The molecule has 0 aliphatic heterocycles. The van der Waals surface area contributed by atoms with Crippen LogP contribution in [0.15, 0.2) is 12.2 Å². The first-order valence-electron chi connectivity index (χ1n) is 6.92. The summed E-state index contributed by atoms with van der Waals surface area (Å²) in [5, 5.41) is 5.75. The lowest BCUT2D eigenvalue weighted by Gasteiger charge is -2.43. The Bertz CT molecular complexity index is 331. The molecule has 100 valence electrons. The van der Waals surface area contributed by atoms with E-state index < -0.39 is 0 Å². The van der Waals surface area contributed by atoms with E-state index in [-0.39, 0.29) is 35.5 Å². The van der Waals surface area contributed by atoms with Gasteiger partial charge in [0.25, 0.3) is 0 Å². The van der Waals surface area contributed by atoms with E-state index in [1.165, 1.54) is 0 Å². The standard InChI is InChI=1S/C14H22N2O2/c1-3-15-13(17)11-9-5-7-10(8-6-9)12(11)14(18)16-4-2/h5,7,9-12H,3-4,6,8H2,1-2H3,(H,15,17)(H,16,18)/t9-,10+,11-,12+. The first-order chi connectivity index (χ1) is 8.69. The third-order valence-electron chi connectivity index (χ3n) is 4.06. The van der Waals surface area contributed by atoms with E-state index in [2.05, 4.69) is 22.8 Å². The van der Waals surface area contributed by atoms with Crippen LogP contribution >= 0.6 is 0 Å². The second-order valence-corrected chi connectivity index (χ2v) is 5.13. The van der Waals surface area contributed by atoms with Crippen LogP contribution in [-0.4, -0.2) is 24.9 Å². The van der Waals surface area contributed by atoms with Crippen LogP contribution < -0.4 is 10.6 Å². The number of hydrogen-bond donors (Lipinski definition) is 2. The summed E-state index contributed by atoms with van der Waals surface area (Å²) in [5.74, 6) is 0.171. The van der Waals surface area contributed by atoms with E-state index in [0.717, 1.165) is 12.8 Å². The number of rotatable bonds is 4. The summed E-state index contributed by atoms with van der Waals surface area (Å²) in [5.41, 5.74) is 0. The van der Waals surface area contributed by atoms with Crippen molar-refractivity contribution in [2.24, 2.45) is 23.7 Å². The van der Waals surface area contributed by atoms with Gasteiger partial charge in [0.05, 0.1) is 11.8 Å². The predicted octanol–water partition coefficient (Wildman–Crippen LogP) is 1.09. The third-order valence-corrected chi connectivity index (χ3v) is 4.06. The van der Waals surface area contributed by atoms with Crippen molar-refractivity contribution in [3.05, 3.63) is 12.2 Å². The molecule has 0 aromatic heterocycles. The summed E-state index contributed by atoms with van der Waals surface area (Å²) in [6, 6.07) is 0. The third kappa shape index (κ3) is 2.28. The fraction of sp³-hybridized carbons (Fsp3) is 0.714. The number of hydrogen-bond acceptors (Lipinski definition) is 2. The van der Waals surface area contributed by atoms with Gasteiger partial charge in [0.15, 0.2) is 0 Å². The number of amides is 2. The molecule has 18 heavy (non-hydrogen) atoms. The summed E-state index contributed by atoms with van der Waals surface area (Å²) in [6.45, 7) is 5.07. The number of allylic oxidation sites excluding steroid dienone is 2. The predicted molar refractivity (Wildman–Crippen MR) is 69.7 cm³/mol. The van der Waals surface area contributed by atoms with Crippen LogP contribution in [0, 0.1) is 23.7 Å². The Kier molecular flexibility index (Phi) is 4.04. The minimum Gasteiger partial charge on any atom is -0.356 e. The largest absolute Gasteiger partial charge is 0.356 e. The smallest absolute Gasteiger partial charge is 0.224 e. The molecule has 1 saturated carbocycles. The van der Waals surface area contributed by atoms with Gasteiger partial charge >= 0.3 is 0 Å². The van der Waals surface area contributed by atoms with E-state index in [0.29, 0.717) is 13.1 Å². The van der Waals surface area contributed by atoms with Gasteiger partial charge in [-0.1, -0.05) is 12.2 Å². The Morgan fingerprint density at radius 2 is 1.33 bits per heavy atom. The Labute approximate surface area is 108 Å². The molecule has 2 bridgehead atoms. The van der Waals surface area contributed by atoms with Crippen LogP contribution in [-0.2, 0) is 9.59 Å². The molecule has 3 rings (SSSR count). The summed E-state index contributed by atoms with van der Waals surface area (Å²) in [7, 11) is 0. The molecule has 2 N–H and O–H groups in total. The van der Waals surface area contributed by atoms with E-state index in [4.69, 9.17) is 0 Å². The van der Waals surface area contributed by atoms with Gasteiger partial charge in [-0.25, -0.2) is 0 Å². The molecule has 2 amide bonds. The molecule has 1 fully saturated rings. The lowest BCUT2D eigenvalue weighted by Crippen LogP contribution is -2.51. The molecule has 0 heterocycles. The Balaban J connectivity index is 2.20. The van der Waals surface area contributed by atoms with Gasteiger partial charge < -0.3 is 10.6 Å². The van der Waals surface area contributed by atoms with Crippen molar-refractivity contribution in [1.29, 1.82) is 0 Å². The Hall–Kier alpha value is -1.32. The van der Waals surface area contributed by atoms with Crippen molar-refractivity contribution in [1.82, 2.24) is 10.6 Å². The van der Waals surface area contributed by atoms with Crippen LogP contribution in [0.2, 0.25) is 0 Å². The summed E-state index contributed by atoms with van der Waals surface area (Å²) in [4.78, 5) is 24.4. The van der Waals surface area contributed by atoms with Crippen molar-refractivity contribution < 1.29 is 9.59 Å². The number of carbonyl (C=O) groups is 2. The molecule has 0 aromatic carbocycles. The lowest BCUT2D eigenvalue weighted by atomic mass is 9.61. The summed E-state index contributed by atoms with van der Waals surface area (Å²) >= 11 is 0. The lowest BCUT2D eigenvalue weighted by molar-refractivity contribution is -0.140. The van der Waals surface area contributed by atoms with Gasteiger partial charge in [0, 0.05) is 13.1 Å². The molecular formula is C14H22N2O2. The molecule has 3 aliphatic rings. The summed E-state index contributed by atoms with van der Waals surface area (Å²) < 4.78 is 0. The molecule has 4 atom stereocenters. The van der Waals surface area contributed by atoms with E-state index >= 15 is 0 Å². The Morgan fingerprint density at radius 1 is 0.944 bits per heavy atom. The van der Waals surface area contributed by atoms with Crippen LogP contribution in [0.4, 0.5) is 0 Å². The summed E-state index contributed by atoms with van der Waals surface area (Å²) in [6.07, 6.45) is 6.31. The topological polar surface area (TPSA) is 58.2 Å². The number of fused-ring (bicyclic) bond motifs is 2. The maximum atomic E-state index is 12.2. The molecule has 0 saturated heterocycles. The van der Waals surface area contributed by atoms with Gasteiger partial charge in [-0.3, -0.25) is 9.59 Å². The minimum atomic E-state index is -0.180. The normalized spacial score (nSPS) is 33.2. The van der Waals surface area contributed by atoms with Crippen LogP contribution in [0.25, 0.3) is 0 Å². The fourth-order valence-corrected chi connectivity index (χ4v) is 3.29. The average molecular weight is 250 g/mol. The zero-order valence-electron chi connectivity index (χ0n) is 11.1. The maximum Gasteiger partial charge on any atom is 0.224 e. The maximum absolute atomic E-state index is 12.2. The second kappa shape index (κ2) is 5.55. The van der Waals surface area contributed by atoms with E-state index in [1.807, 2.05) is 13.8 Å². The van der Waals surface area contributed by atoms with Gasteiger partial charge in [-0.15, -0.1) is 0 Å². The number of nitrogens with one attached hydrogen (secondary N) is 2. The molecule has 4 heteroatoms. The zero-order valence-corrected chi connectivity index (χ0v) is 11.1. The molecule has 4 nitrogen and oxygen atoms in total. The zero-order chi connectivity index (χ0) is 13.1. The molecule has 0 radical (unpaired) electrons. The molecule has 0 unspecified atom stereocenters.